The zero-order chi connectivity index (χ0) is 20.4. The Bertz CT molecular complexity index is 935. The predicted octanol–water partition coefficient (Wildman–Crippen LogP) is 4.85. The van der Waals surface area contributed by atoms with Crippen LogP contribution in [0.4, 0.5) is 4.39 Å². The van der Waals surface area contributed by atoms with E-state index in [1.807, 2.05) is 6.08 Å². The lowest BCUT2D eigenvalue weighted by molar-refractivity contribution is -0.126. The SMILES string of the molecule is CC(=O)SC1CCN(C(C(=O)C2CC2)c2ccccc2F)C/C1=C\c1ncc[nH]1.Cl.Cl. The largest absolute Gasteiger partial charge is 0.345 e. The first kappa shape index (κ1) is 25.6. The number of aromatic amines is 1. The molecule has 1 aromatic heterocycles. The third-order valence-corrected chi connectivity index (χ3v) is 6.60. The van der Waals surface area contributed by atoms with Crippen LogP contribution in [0.3, 0.4) is 0 Å². The van der Waals surface area contributed by atoms with E-state index in [4.69, 9.17) is 0 Å². The van der Waals surface area contributed by atoms with Crippen LogP contribution < -0.4 is 0 Å². The minimum atomic E-state index is -0.591. The van der Waals surface area contributed by atoms with Crippen LogP contribution in [0.25, 0.3) is 6.08 Å². The highest BCUT2D eigenvalue weighted by Crippen LogP contribution is 2.40. The molecule has 1 aromatic carbocycles. The third kappa shape index (κ3) is 6.19. The second-order valence-corrected chi connectivity index (χ2v) is 9.03. The van der Waals surface area contributed by atoms with Gasteiger partial charge in [0.15, 0.2) is 10.9 Å². The van der Waals surface area contributed by atoms with E-state index in [0.29, 0.717) is 24.5 Å². The summed E-state index contributed by atoms with van der Waals surface area (Å²) in [4.78, 5) is 34.3. The number of piperidine rings is 1. The van der Waals surface area contributed by atoms with Crippen LogP contribution in [0.15, 0.2) is 42.2 Å². The molecule has 0 bridgehead atoms. The summed E-state index contributed by atoms with van der Waals surface area (Å²) < 4.78 is 14.6. The van der Waals surface area contributed by atoms with E-state index in [2.05, 4.69) is 14.9 Å². The summed E-state index contributed by atoms with van der Waals surface area (Å²) in [5.74, 6) is 0.502. The molecule has 5 nitrogen and oxygen atoms in total. The molecular formula is C22H26Cl2FN3O2S. The summed E-state index contributed by atoms with van der Waals surface area (Å²) in [7, 11) is 0. The van der Waals surface area contributed by atoms with Crippen molar-refractivity contribution < 1.29 is 14.0 Å². The fourth-order valence-corrected chi connectivity index (χ4v) is 4.85. The number of benzene rings is 1. The van der Waals surface area contributed by atoms with Crippen molar-refractivity contribution >= 4 is 53.6 Å². The molecule has 0 amide bonds. The fourth-order valence-electron chi connectivity index (χ4n) is 3.93. The molecule has 9 heteroatoms. The van der Waals surface area contributed by atoms with Gasteiger partial charge < -0.3 is 4.98 Å². The molecule has 1 N–H and O–H groups in total. The van der Waals surface area contributed by atoms with Crippen molar-refractivity contribution in [3.63, 3.8) is 0 Å². The van der Waals surface area contributed by atoms with Crippen molar-refractivity contribution in [1.82, 2.24) is 14.9 Å². The van der Waals surface area contributed by atoms with E-state index in [0.717, 1.165) is 24.8 Å². The van der Waals surface area contributed by atoms with Crippen molar-refractivity contribution in [2.45, 2.75) is 37.5 Å². The summed E-state index contributed by atoms with van der Waals surface area (Å²) in [6.45, 7) is 2.71. The molecule has 2 heterocycles. The van der Waals surface area contributed by atoms with E-state index in [1.165, 1.54) is 17.8 Å². The molecule has 1 aliphatic heterocycles. The molecule has 2 atom stereocenters. The molecule has 31 heavy (non-hydrogen) atoms. The Morgan fingerprint density at radius 1 is 1.26 bits per heavy atom. The highest BCUT2D eigenvalue weighted by Gasteiger charge is 2.41. The van der Waals surface area contributed by atoms with Crippen LogP contribution in [0.2, 0.25) is 0 Å². The average Bonchev–Trinajstić information content (AvgIpc) is 3.42. The molecule has 168 valence electrons. The number of rotatable bonds is 6. The zero-order valence-corrected chi connectivity index (χ0v) is 19.6. The van der Waals surface area contributed by atoms with Crippen LogP contribution in [-0.2, 0) is 9.59 Å². The van der Waals surface area contributed by atoms with Gasteiger partial charge in [0.2, 0.25) is 0 Å². The molecule has 2 aromatic rings. The Balaban J connectivity index is 0.00000171. The van der Waals surface area contributed by atoms with Gasteiger partial charge in [-0.2, -0.15) is 0 Å². The van der Waals surface area contributed by atoms with E-state index in [1.54, 1.807) is 37.5 Å². The smallest absolute Gasteiger partial charge is 0.186 e. The molecule has 4 rings (SSSR count). The Hall–Kier alpha value is -1.67. The first-order chi connectivity index (χ1) is 14.0. The lowest BCUT2D eigenvalue weighted by Crippen LogP contribution is -2.43. The van der Waals surface area contributed by atoms with E-state index >= 15 is 0 Å². The number of halogens is 3. The van der Waals surface area contributed by atoms with Crippen LogP contribution in [0.1, 0.15) is 43.6 Å². The molecule has 2 aliphatic rings. The lowest BCUT2D eigenvalue weighted by Gasteiger charge is -2.38. The number of nitrogens with zero attached hydrogens (tertiary/aromatic N) is 2. The third-order valence-electron chi connectivity index (χ3n) is 5.44. The Kier molecular flexibility index (Phi) is 9.30. The maximum absolute atomic E-state index is 14.6. The molecule has 0 spiro atoms. The lowest BCUT2D eigenvalue weighted by atomic mass is 9.93. The molecule has 0 radical (unpaired) electrons. The number of thioether (sulfide) groups is 1. The van der Waals surface area contributed by atoms with Crippen LogP contribution in [-0.4, -0.2) is 44.1 Å². The predicted molar refractivity (Wildman–Crippen MR) is 126 cm³/mol. The average molecular weight is 486 g/mol. The Morgan fingerprint density at radius 3 is 2.61 bits per heavy atom. The molecule has 2 fully saturated rings. The number of carbonyl (C=O) groups excluding carboxylic acids is 2. The Labute approximate surface area is 198 Å². The number of hydrogen-bond acceptors (Lipinski definition) is 5. The Morgan fingerprint density at radius 2 is 2.00 bits per heavy atom. The first-order valence-corrected chi connectivity index (χ1v) is 10.8. The van der Waals surface area contributed by atoms with Crippen molar-refractivity contribution in [3.05, 3.63) is 59.4 Å². The van der Waals surface area contributed by atoms with E-state index in [9.17, 15) is 14.0 Å². The number of imidazole rings is 1. The topological polar surface area (TPSA) is 66.1 Å². The summed E-state index contributed by atoms with van der Waals surface area (Å²) in [6, 6.07) is 5.97. The van der Waals surface area contributed by atoms with Gasteiger partial charge in [0, 0.05) is 49.1 Å². The van der Waals surface area contributed by atoms with Gasteiger partial charge in [-0.1, -0.05) is 30.0 Å². The van der Waals surface area contributed by atoms with Gasteiger partial charge in [-0.3, -0.25) is 14.5 Å². The fraction of sp³-hybridized carbons (Fsp3) is 0.409. The van der Waals surface area contributed by atoms with Gasteiger partial charge in [0.05, 0.1) is 6.04 Å². The maximum Gasteiger partial charge on any atom is 0.186 e. The number of ketones is 1. The van der Waals surface area contributed by atoms with Crippen LogP contribution >= 0.6 is 36.6 Å². The number of nitrogens with one attached hydrogen (secondary N) is 1. The van der Waals surface area contributed by atoms with Gasteiger partial charge in [-0.25, -0.2) is 9.37 Å². The maximum atomic E-state index is 14.6. The summed E-state index contributed by atoms with van der Waals surface area (Å²) in [5.41, 5.74) is 1.47. The van der Waals surface area contributed by atoms with Crippen LogP contribution in [0, 0.1) is 11.7 Å². The number of carbonyl (C=O) groups is 2. The minimum absolute atomic E-state index is 0. The summed E-state index contributed by atoms with van der Waals surface area (Å²) >= 11 is 1.31. The first-order valence-electron chi connectivity index (χ1n) is 9.92. The summed E-state index contributed by atoms with van der Waals surface area (Å²) in [6.07, 6.45) is 7.87. The highest BCUT2D eigenvalue weighted by atomic mass is 35.5. The second-order valence-electron chi connectivity index (χ2n) is 7.65. The van der Waals surface area contributed by atoms with Gasteiger partial charge in [-0.05, 0) is 37.0 Å². The number of hydrogen-bond donors (Lipinski definition) is 1. The number of H-pyrrole nitrogens is 1. The molecule has 1 saturated carbocycles. The monoisotopic (exact) mass is 485 g/mol. The number of Topliss-reactive ketones (excluding diaryl/α,β-unsaturated/α-hetero) is 1. The van der Waals surface area contributed by atoms with Crippen molar-refractivity contribution in [1.29, 1.82) is 0 Å². The van der Waals surface area contributed by atoms with Gasteiger partial charge in [0.25, 0.3) is 0 Å². The van der Waals surface area contributed by atoms with E-state index in [-0.39, 0.29) is 52.7 Å². The number of aromatic nitrogens is 2. The van der Waals surface area contributed by atoms with Crippen molar-refractivity contribution in [3.8, 4) is 0 Å². The quantitative estimate of drug-likeness (QED) is 0.633. The standard InChI is InChI=1S/C22H24FN3O2S.2ClH/c1-14(27)29-19-8-11-26(13-16(19)12-20-24-9-10-25-20)21(22(28)15-6-7-15)17-4-2-3-5-18(17)23;;/h2-5,9-10,12,15,19,21H,6-8,11,13H2,1H3,(H,24,25);2*1H/b16-12+;;. The van der Waals surface area contributed by atoms with Gasteiger partial charge in [0.1, 0.15) is 11.6 Å². The summed E-state index contributed by atoms with van der Waals surface area (Å²) in [5, 5.41) is 0.0969. The molecular weight excluding hydrogens is 460 g/mol. The molecule has 1 saturated heterocycles. The normalized spacial score (nSPS) is 21.1. The van der Waals surface area contributed by atoms with Crippen molar-refractivity contribution in [2.24, 2.45) is 5.92 Å². The van der Waals surface area contributed by atoms with Crippen LogP contribution in [0.5, 0.6) is 0 Å². The van der Waals surface area contributed by atoms with Crippen molar-refractivity contribution in [2.75, 3.05) is 13.1 Å². The van der Waals surface area contributed by atoms with E-state index < -0.39 is 6.04 Å². The minimum Gasteiger partial charge on any atom is -0.345 e. The zero-order valence-electron chi connectivity index (χ0n) is 17.1. The second kappa shape index (κ2) is 11.3. The molecule has 2 unspecified atom stereocenters. The van der Waals surface area contributed by atoms with Gasteiger partial charge in [-0.15, -0.1) is 24.8 Å². The molecule has 1 aliphatic carbocycles. The number of likely N-dealkylation sites (tertiary alicyclic amines) is 1. The highest BCUT2D eigenvalue weighted by molar-refractivity contribution is 8.14. The van der Waals surface area contributed by atoms with Gasteiger partial charge >= 0.3 is 0 Å².